The maximum atomic E-state index is 5.87. The molecule has 18 heavy (non-hydrogen) atoms. The van der Waals surface area contributed by atoms with Crippen molar-refractivity contribution in [2.75, 3.05) is 13.7 Å². The highest BCUT2D eigenvalue weighted by Gasteiger charge is 1.98. The molecular weight excluding hydrogens is 266 g/mol. The van der Waals surface area contributed by atoms with Crippen molar-refractivity contribution in [3.63, 3.8) is 0 Å². The largest absolute Gasteiger partial charge is 0.497 e. The molecule has 0 aliphatic rings. The van der Waals surface area contributed by atoms with Gasteiger partial charge in [0.2, 0.25) is 0 Å². The Morgan fingerprint density at radius 1 is 1.33 bits per heavy atom. The molecule has 1 heterocycles. The number of methoxy groups -OCH3 is 1. The van der Waals surface area contributed by atoms with Crippen molar-refractivity contribution in [2.24, 2.45) is 0 Å². The van der Waals surface area contributed by atoms with Crippen molar-refractivity contribution in [1.82, 2.24) is 5.32 Å². The van der Waals surface area contributed by atoms with Gasteiger partial charge in [0, 0.05) is 16.8 Å². The Balaban J connectivity index is 1.74. The molecule has 1 N–H and O–H groups in total. The topological polar surface area (TPSA) is 21.3 Å². The zero-order valence-corrected chi connectivity index (χ0v) is 11.9. The van der Waals surface area contributed by atoms with Crippen LogP contribution in [0.2, 0.25) is 5.02 Å². The second-order valence-corrected chi connectivity index (χ2v) is 5.44. The van der Waals surface area contributed by atoms with Gasteiger partial charge in [0.15, 0.2) is 0 Å². The van der Waals surface area contributed by atoms with E-state index in [1.54, 1.807) is 18.4 Å². The highest BCUT2D eigenvalue weighted by molar-refractivity contribution is 7.10. The summed E-state index contributed by atoms with van der Waals surface area (Å²) in [5.41, 5.74) is 1.28. The summed E-state index contributed by atoms with van der Waals surface area (Å²) in [5.74, 6) is 0.914. The van der Waals surface area contributed by atoms with E-state index in [4.69, 9.17) is 16.3 Å². The van der Waals surface area contributed by atoms with E-state index < -0.39 is 0 Å². The Kier molecular flexibility index (Phi) is 5.05. The fraction of sp³-hybridized carbons (Fsp3) is 0.286. The van der Waals surface area contributed by atoms with Crippen LogP contribution >= 0.6 is 22.9 Å². The number of rotatable bonds is 6. The van der Waals surface area contributed by atoms with E-state index >= 15 is 0 Å². The molecule has 2 rings (SSSR count). The normalized spacial score (nSPS) is 10.6. The molecule has 0 saturated carbocycles. The van der Waals surface area contributed by atoms with Crippen LogP contribution in [0.4, 0.5) is 0 Å². The van der Waals surface area contributed by atoms with Crippen LogP contribution in [0.25, 0.3) is 0 Å². The summed E-state index contributed by atoms with van der Waals surface area (Å²) in [6.45, 7) is 1.82. The first-order valence-electron chi connectivity index (χ1n) is 5.84. The van der Waals surface area contributed by atoms with Crippen LogP contribution in [0.3, 0.4) is 0 Å². The zero-order valence-electron chi connectivity index (χ0n) is 10.3. The summed E-state index contributed by atoms with van der Waals surface area (Å²) < 4.78 is 5.20. The summed E-state index contributed by atoms with van der Waals surface area (Å²) in [5, 5.41) is 6.19. The lowest BCUT2D eigenvalue weighted by Gasteiger charge is -2.05. The van der Waals surface area contributed by atoms with Crippen LogP contribution in [0.15, 0.2) is 35.7 Å². The van der Waals surface area contributed by atoms with Gasteiger partial charge in [-0.15, -0.1) is 11.3 Å². The molecule has 2 nitrogen and oxygen atoms in total. The van der Waals surface area contributed by atoms with Crippen molar-refractivity contribution < 1.29 is 4.74 Å². The zero-order chi connectivity index (χ0) is 12.8. The molecule has 0 saturated heterocycles. The molecule has 0 aliphatic carbocycles. The molecule has 0 atom stereocenters. The molecule has 0 aliphatic heterocycles. The standard InChI is InChI=1S/C14H16ClNOS/c1-17-13-4-2-3-11(7-13)5-6-16-9-14-8-12(15)10-18-14/h2-4,7-8,10,16H,5-6,9H2,1H3. The predicted molar refractivity (Wildman–Crippen MR) is 77.7 cm³/mol. The van der Waals surface area contributed by atoms with Crippen molar-refractivity contribution >= 4 is 22.9 Å². The van der Waals surface area contributed by atoms with Gasteiger partial charge in [-0.05, 0) is 36.7 Å². The minimum atomic E-state index is 0.824. The SMILES string of the molecule is COc1cccc(CCNCc2cc(Cl)cs2)c1. The highest BCUT2D eigenvalue weighted by Crippen LogP contribution is 2.18. The lowest BCUT2D eigenvalue weighted by atomic mass is 10.1. The van der Waals surface area contributed by atoms with E-state index in [1.165, 1.54) is 10.4 Å². The van der Waals surface area contributed by atoms with Gasteiger partial charge >= 0.3 is 0 Å². The van der Waals surface area contributed by atoms with Crippen LogP contribution in [-0.4, -0.2) is 13.7 Å². The maximum absolute atomic E-state index is 5.87. The number of nitrogens with one attached hydrogen (secondary N) is 1. The molecule has 0 amide bonds. The third-order valence-corrected chi connectivity index (χ3v) is 3.93. The molecule has 1 aromatic carbocycles. The van der Waals surface area contributed by atoms with E-state index in [1.807, 2.05) is 23.6 Å². The summed E-state index contributed by atoms with van der Waals surface area (Å²) in [6, 6.07) is 10.2. The quantitative estimate of drug-likeness (QED) is 0.815. The Morgan fingerprint density at radius 3 is 2.94 bits per heavy atom. The van der Waals surface area contributed by atoms with E-state index in [-0.39, 0.29) is 0 Å². The Bertz CT molecular complexity index is 498. The number of halogens is 1. The average Bonchev–Trinajstić information content (AvgIpc) is 2.81. The van der Waals surface area contributed by atoms with E-state index in [0.29, 0.717) is 0 Å². The molecule has 1 aromatic heterocycles. The lowest BCUT2D eigenvalue weighted by Crippen LogP contribution is -2.15. The first-order chi connectivity index (χ1) is 8.78. The molecule has 0 spiro atoms. The number of thiophene rings is 1. The first-order valence-corrected chi connectivity index (χ1v) is 7.10. The Morgan fingerprint density at radius 2 is 2.22 bits per heavy atom. The maximum Gasteiger partial charge on any atom is 0.119 e. The van der Waals surface area contributed by atoms with Crippen LogP contribution in [0, 0.1) is 0 Å². The van der Waals surface area contributed by atoms with Crippen LogP contribution in [0.1, 0.15) is 10.4 Å². The lowest BCUT2D eigenvalue weighted by molar-refractivity contribution is 0.414. The number of hydrogen-bond acceptors (Lipinski definition) is 3. The minimum Gasteiger partial charge on any atom is -0.497 e. The van der Waals surface area contributed by atoms with Crippen LogP contribution in [0.5, 0.6) is 5.75 Å². The fourth-order valence-electron chi connectivity index (χ4n) is 1.72. The second kappa shape index (κ2) is 6.78. The third-order valence-electron chi connectivity index (χ3n) is 2.65. The second-order valence-electron chi connectivity index (χ2n) is 4.01. The van der Waals surface area contributed by atoms with Gasteiger partial charge in [0.1, 0.15) is 5.75 Å². The van der Waals surface area contributed by atoms with Crippen LogP contribution < -0.4 is 10.1 Å². The molecule has 96 valence electrons. The summed E-state index contributed by atoms with van der Waals surface area (Å²) >= 11 is 7.56. The van der Waals surface area contributed by atoms with E-state index in [9.17, 15) is 0 Å². The van der Waals surface area contributed by atoms with Crippen LogP contribution in [-0.2, 0) is 13.0 Å². The van der Waals surface area contributed by atoms with Gasteiger partial charge in [-0.2, -0.15) is 0 Å². The van der Waals surface area contributed by atoms with Gasteiger partial charge < -0.3 is 10.1 Å². The molecular formula is C14H16ClNOS. The van der Waals surface area contributed by atoms with Gasteiger partial charge in [0.05, 0.1) is 12.1 Å². The minimum absolute atomic E-state index is 0.824. The van der Waals surface area contributed by atoms with E-state index in [2.05, 4.69) is 17.4 Å². The van der Waals surface area contributed by atoms with Gasteiger partial charge in [0.25, 0.3) is 0 Å². The molecule has 0 fully saturated rings. The van der Waals surface area contributed by atoms with Crippen molar-refractivity contribution in [3.05, 3.63) is 51.2 Å². The first kappa shape index (κ1) is 13.4. The summed E-state index contributed by atoms with van der Waals surface area (Å²) in [4.78, 5) is 1.27. The van der Waals surface area contributed by atoms with Gasteiger partial charge in [-0.3, -0.25) is 0 Å². The summed E-state index contributed by atoms with van der Waals surface area (Å²) in [6.07, 6.45) is 0.996. The fourth-order valence-corrected chi connectivity index (χ4v) is 2.76. The smallest absolute Gasteiger partial charge is 0.119 e. The third kappa shape index (κ3) is 4.02. The summed E-state index contributed by atoms with van der Waals surface area (Å²) in [7, 11) is 1.69. The molecule has 0 bridgehead atoms. The number of hydrogen-bond donors (Lipinski definition) is 1. The number of benzene rings is 1. The highest BCUT2D eigenvalue weighted by atomic mass is 35.5. The van der Waals surface area contributed by atoms with E-state index in [0.717, 1.165) is 30.3 Å². The Hall–Kier alpha value is -1.03. The molecule has 4 heteroatoms. The monoisotopic (exact) mass is 281 g/mol. The molecule has 0 radical (unpaired) electrons. The predicted octanol–water partition coefficient (Wildman–Crippen LogP) is 3.74. The van der Waals surface area contributed by atoms with Crippen molar-refractivity contribution in [2.45, 2.75) is 13.0 Å². The molecule has 0 unspecified atom stereocenters. The average molecular weight is 282 g/mol. The van der Waals surface area contributed by atoms with Crippen molar-refractivity contribution in [3.8, 4) is 5.75 Å². The number of ether oxygens (including phenoxy) is 1. The Labute approximate surface area is 117 Å². The van der Waals surface area contributed by atoms with Crippen molar-refractivity contribution in [1.29, 1.82) is 0 Å². The van der Waals surface area contributed by atoms with Gasteiger partial charge in [-0.1, -0.05) is 23.7 Å². The molecule has 2 aromatic rings. The van der Waals surface area contributed by atoms with Gasteiger partial charge in [-0.25, -0.2) is 0 Å².